The topological polar surface area (TPSA) is 206 Å². The third-order valence-corrected chi connectivity index (χ3v) is 6.68. The zero-order chi connectivity index (χ0) is 25.7. The molecule has 0 radical (unpaired) electrons. The van der Waals surface area contributed by atoms with E-state index in [2.05, 4.69) is 36.2 Å². The van der Waals surface area contributed by atoms with Gasteiger partial charge in [-0.1, -0.05) is 18.1 Å². The van der Waals surface area contributed by atoms with Gasteiger partial charge in [0.1, 0.15) is 11.7 Å². The van der Waals surface area contributed by atoms with E-state index in [4.69, 9.17) is 5.11 Å². The third kappa shape index (κ3) is 6.05. The van der Waals surface area contributed by atoms with E-state index >= 15 is 0 Å². The molecule has 3 amide bonds. The average molecular weight is 503 g/mol. The molecular weight excluding hydrogens is 472 g/mol. The van der Waals surface area contributed by atoms with Crippen molar-refractivity contribution < 1.29 is 29.4 Å². The number of aromatic amines is 2. The van der Waals surface area contributed by atoms with Gasteiger partial charge in [-0.3, -0.25) is 19.2 Å². The van der Waals surface area contributed by atoms with Crippen molar-refractivity contribution in [3.05, 3.63) is 29.3 Å². The van der Waals surface area contributed by atoms with Crippen molar-refractivity contribution in [1.29, 1.82) is 0 Å². The first-order valence-corrected chi connectivity index (χ1v) is 12.0. The van der Waals surface area contributed by atoms with Crippen LogP contribution in [0.1, 0.15) is 73.0 Å². The molecule has 3 heterocycles. The van der Waals surface area contributed by atoms with Crippen molar-refractivity contribution in [2.45, 2.75) is 69.7 Å². The van der Waals surface area contributed by atoms with Crippen molar-refractivity contribution in [1.82, 2.24) is 41.1 Å². The van der Waals surface area contributed by atoms with E-state index in [1.165, 1.54) is 4.90 Å². The van der Waals surface area contributed by atoms with Gasteiger partial charge in [-0.2, -0.15) is 5.21 Å². The van der Waals surface area contributed by atoms with Gasteiger partial charge in [0, 0.05) is 25.1 Å². The minimum atomic E-state index is -1.04. The molecule has 1 aliphatic heterocycles. The van der Waals surface area contributed by atoms with Gasteiger partial charge in [0.25, 0.3) is 5.91 Å². The van der Waals surface area contributed by atoms with Crippen molar-refractivity contribution >= 4 is 23.7 Å². The van der Waals surface area contributed by atoms with Gasteiger partial charge in [0.2, 0.25) is 11.8 Å². The number of aliphatic hydroxyl groups is 1. The van der Waals surface area contributed by atoms with Crippen LogP contribution in [-0.4, -0.2) is 83.1 Å². The van der Waals surface area contributed by atoms with Crippen LogP contribution in [0.2, 0.25) is 0 Å². The molecule has 1 saturated carbocycles. The molecule has 14 heteroatoms. The Hall–Kier alpha value is -3.81. The maximum atomic E-state index is 13.3. The number of likely N-dealkylation sites (tertiary alicyclic amines) is 1. The Kier molecular flexibility index (Phi) is 7.93. The number of carbonyl (C=O) groups is 4. The first-order chi connectivity index (χ1) is 17.3. The molecule has 0 spiro atoms. The number of nitrogens with zero attached hydrogens (tertiary/aromatic N) is 4. The number of amides is 3. The minimum Gasteiger partial charge on any atom is -0.481 e. The van der Waals surface area contributed by atoms with Crippen LogP contribution in [0, 0.1) is 5.92 Å². The van der Waals surface area contributed by atoms with Crippen molar-refractivity contribution in [2.75, 3.05) is 6.54 Å². The quantitative estimate of drug-likeness (QED) is 0.250. The Labute approximate surface area is 206 Å². The number of aromatic nitrogens is 5. The zero-order valence-electron chi connectivity index (χ0n) is 19.6. The Balaban J connectivity index is 1.45. The summed E-state index contributed by atoms with van der Waals surface area (Å²) in [7, 11) is 0. The van der Waals surface area contributed by atoms with E-state index in [0.29, 0.717) is 5.69 Å². The fourth-order valence-corrected chi connectivity index (χ4v) is 4.91. The van der Waals surface area contributed by atoms with Crippen LogP contribution in [-0.2, 0) is 20.9 Å². The molecule has 14 nitrogen and oxygen atoms in total. The van der Waals surface area contributed by atoms with Gasteiger partial charge in [0.15, 0.2) is 5.82 Å². The second-order valence-electron chi connectivity index (χ2n) is 9.22. The molecule has 1 aliphatic carbocycles. The molecule has 1 saturated heterocycles. The van der Waals surface area contributed by atoms with Crippen molar-refractivity contribution in [3.63, 3.8) is 0 Å². The summed E-state index contributed by atoms with van der Waals surface area (Å²) >= 11 is 0. The number of rotatable bonds is 10. The van der Waals surface area contributed by atoms with Gasteiger partial charge in [0.05, 0.1) is 25.1 Å². The maximum absolute atomic E-state index is 13.3. The molecule has 2 aromatic rings. The lowest BCUT2D eigenvalue weighted by atomic mass is 9.95. The Morgan fingerprint density at radius 1 is 1.17 bits per heavy atom. The van der Waals surface area contributed by atoms with Crippen LogP contribution in [0.15, 0.2) is 12.1 Å². The molecule has 4 rings (SSSR count). The first-order valence-electron chi connectivity index (χ1n) is 12.0. The number of H-pyrrole nitrogens is 2. The highest BCUT2D eigenvalue weighted by molar-refractivity contribution is 5.97. The second kappa shape index (κ2) is 11.3. The van der Waals surface area contributed by atoms with Crippen molar-refractivity contribution in [2.24, 2.45) is 5.92 Å². The molecule has 2 aliphatic rings. The number of nitrogens with one attached hydrogen (secondary N) is 4. The van der Waals surface area contributed by atoms with Gasteiger partial charge >= 0.3 is 5.97 Å². The molecular formula is C22H30N8O6. The van der Waals surface area contributed by atoms with Gasteiger partial charge in [-0.25, -0.2) is 0 Å². The summed E-state index contributed by atoms with van der Waals surface area (Å²) in [5.41, 5.74) is 0.879. The fraction of sp³-hybridized carbons (Fsp3) is 0.591. The van der Waals surface area contributed by atoms with Crippen LogP contribution in [0.4, 0.5) is 0 Å². The zero-order valence-corrected chi connectivity index (χ0v) is 19.6. The monoisotopic (exact) mass is 502 g/mol. The van der Waals surface area contributed by atoms with E-state index in [1.807, 2.05) is 0 Å². The van der Waals surface area contributed by atoms with Crippen LogP contribution in [0.25, 0.3) is 0 Å². The highest BCUT2D eigenvalue weighted by Gasteiger charge is 2.40. The summed E-state index contributed by atoms with van der Waals surface area (Å²) in [6, 6.07) is 2.08. The molecule has 2 aromatic heterocycles. The highest BCUT2D eigenvalue weighted by atomic mass is 16.4. The van der Waals surface area contributed by atoms with Crippen LogP contribution in [0.5, 0.6) is 0 Å². The standard InChI is InChI=1S/C22H30N8O6/c31-13-9-16(21(35)23-10-17-26-28-29-27-17)30(11-13)22(36)15-6-5-14(24-15)20(12-3-1-2-4-12)25-18(32)7-8-19(33)34/h5-6,12-13,16,20,24,31H,1-4,7-11H2,(H,23,35)(H,25,32)(H,33,34)(H,26,27,28,29)/t13-,16+,20?/m1/s1. The molecule has 194 valence electrons. The summed E-state index contributed by atoms with van der Waals surface area (Å²) in [5, 5.41) is 37.9. The first kappa shape index (κ1) is 25.3. The number of hydrogen-bond donors (Lipinski definition) is 6. The van der Waals surface area contributed by atoms with E-state index in [9.17, 15) is 24.3 Å². The van der Waals surface area contributed by atoms with E-state index in [0.717, 1.165) is 25.7 Å². The molecule has 3 atom stereocenters. The number of tetrazole rings is 1. The Morgan fingerprint density at radius 2 is 1.94 bits per heavy atom. The number of aliphatic hydroxyl groups excluding tert-OH is 1. The summed E-state index contributed by atoms with van der Waals surface area (Å²) in [6.45, 7) is 0.0344. The predicted molar refractivity (Wildman–Crippen MR) is 122 cm³/mol. The van der Waals surface area contributed by atoms with Gasteiger partial charge in [-0.05, 0) is 30.9 Å². The Morgan fingerprint density at radius 3 is 2.64 bits per heavy atom. The number of carbonyl (C=O) groups excluding carboxylic acids is 3. The third-order valence-electron chi connectivity index (χ3n) is 6.68. The molecule has 6 N–H and O–H groups in total. The van der Waals surface area contributed by atoms with Crippen molar-refractivity contribution in [3.8, 4) is 0 Å². The lowest BCUT2D eigenvalue weighted by Crippen LogP contribution is -2.46. The predicted octanol–water partition coefficient (Wildman–Crippen LogP) is -0.368. The number of carboxylic acid groups (broad SMARTS) is 1. The largest absolute Gasteiger partial charge is 0.481 e. The lowest BCUT2D eigenvalue weighted by Gasteiger charge is -2.25. The fourth-order valence-electron chi connectivity index (χ4n) is 4.91. The normalized spacial score (nSPS) is 20.9. The number of β-amino-alcohol motifs (C(OH)–C–C–N with tert-alkyl or cyclic N) is 1. The summed E-state index contributed by atoms with van der Waals surface area (Å²) < 4.78 is 0. The van der Waals surface area contributed by atoms with E-state index in [-0.39, 0.29) is 61.7 Å². The maximum Gasteiger partial charge on any atom is 0.303 e. The minimum absolute atomic E-state index is 0.00542. The van der Waals surface area contributed by atoms with E-state index < -0.39 is 29.9 Å². The summed E-state index contributed by atoms with van der Waals surface area (Å²) in [4.78, 5) is 53.7. The number of carboxylic acids is 1. The number of hydrogen-bond acceptors (Lipinski definition) is 8. The smallest absolute Gasteiger partial charge is 0.303 e. The average Bonchev–Trinajstić information content (AvgIpc) is 3.66. The lowest BCUT2D eigenvalue weighted by molar-refractivity contribution is -0.139. The molecule has 2 fully saturated rings. The van der Waals surface area contributed by atoms with Crippen LogP contribution >= 0.6 is 0 Å². The molecule has 0 bridgehead atoms. The Bertz CT molecular complexity index is 1080. The number of aliphatic carboxylic acids is 1. The molecule has 0 aromatic carbocycles. The van der Waals surface area contributed by atoms with Crippen LogP contribution < -0.4 is 10.6 Å². The summed E-state index contributed by atoms with van der Waals surface area (Å²) in [6.07, 6.45) is 2.75. The molecule has 1 unspecified atom stereocenters. The van der Waals surface area contributed by atoms with Crippen LogP contribution in [0.3, 0.4) is 0 Å². The summed E-state index contributed by atoms with van der Waals surface area (Å²) in [5.74, 6) is -1.84. The van der Waals surface area contributed by atoms with Gasteiger partial charge < -0.3 is 30.7 Å². The highest BCUT2D eigenvalue weighted by Crippen LogP contribution is 2.35. The molecule has 36 heavy (non-hydrogen) atoms. The van der Waals surface area contributed by atoms with E-state index in [1.54, 1.807) is 12.1 Å². The van der Waals surface area contributed by atoms with Gasteiger partial charge in [-0.15, -0.1) is 10.2 Å². The second-order valence-corrected chi connectivity index (χ2v) is 9.22. The SMILES string of the molecule is O=C(O)CCC(=O)NC(c1ccc(C(=O)N2C[C@H](O)C[C@H]2C(=O)NCc2nn[nH]n2)[nH]1)C1CCCC1.